The Hall–Kier alpha value is -0.900. The Bertz CT molecular complexity index is 653. The van der Waals surface area contributed by atoms with Crippen LogP contribution in [-0.4, -0.2) is 33.6 Å². The van der Waals surface area contributed by atoms with Crippen LogP contribution in [0.5, 0.6) is 0 Å². The molecule has 6 atom stereocenters. The maximum Gasteiger partial charge on any atom is 0.0591 e. The standard InChI is InChI=1S/C30H48O3/c1-16-7-22(8-17(2)28(16)31)25-13-26(23-9-18(3)29(32)19(4)10-23)15-27(14-25)24-11-20(5)30(33)21(6)12-24/h13-24,28-33H,7-12H2,1-6H3. The lowest BCUT2D eigenvalue weighted by molar-refractivity contribution is 0.0235. The first-order valence-electron chi connectivity index (χ1n) is 13.7. The molecule has 3 nitrogen and oxygen atoms in total. The fourth-order valence-electron chi connectivity index (χ4n) is 7.73. The number of hydrogen-bond acceptors (Lipinski definition) is 3. The van der Waals surface area contributed by atoms with Crippen LogP contribution in [0.4, 0.5) is 0 Å². The van der Waals surface area contributed by atoms with Crippen molar-refractivity contribution in [2.75, 3.05) is 0 Å². The number of benzene rings is 1. The average molecular weight is 457 g/mol. The molecular weight excluding hydrogens is 408 g/mol. The van der Waals surface area contributed by atoms with E-state index in [1.807, 2.05) is 0 Å². The molecule has 0 heterocycles. The summed E-state index contributed by atoms with van der Waals surface area (Å²) in [6.45, 7) is 13.2. The Morgan fingerprint density at radius 1 is 0.424 bits per heavy atom. The van der Waals surface area contributed by atoms with E-state index in [1.165, 1.54) is 16.7 Å². The Labute approximate surface area is 202 Å². The largest absolute Gasteiger partial charge is 0.393 e. The third-order valence-electron chi connectivity index (χ3n) is 9.85. The van der Waals surface area contributed by atoms with Crippen molar-refractivity contribution in [3.63, 3.8) is 0 Å². The predicted molar refractivity (Wildman–Crippen MR) is 135 cm³/mol. The highest BCUT2D eigenvalue weighted by atomic mass is 16.3. The number of hydrogen-bond donors (Lipinski definition) is 3. The van der Waals surface area contributed by atoms with Gasteiger partial charge in [-0.2, -0.15) is 0 Å². The zero-order chi connectivity index (χ0) is 24.0. The molecule has 6 unspecified atom stereocenters. The lowest BCUT2D eigenvalue weighted by Gasteiger charge is -2.40. The Kier molecular flexibility index (Phi) is 7.63. The summed E-state index contributed by atoms with van der Waals surface area (Å²) in [6, 6.07) is 7.45. The van der Waals surface area contributed by atoms with Crippen LogP contribution in [0.15, 0.2) is 18.2 Å². The third-order valence-corrected chi connectivity index (χ3v) is 9.85. The van der Waals surface area contributed by atoms with Crippen LogP contribution in [-0.2, 0) is 0 Å². The van der Waals surface area contributed by atoms with Gasteiger partial charge in [0.05, 0.1) is 18.3 Å². The normalized spacial score (nSPS) is 46.8. The molecule has 3 N–H and O–H groups in total. The minimum absolute atomic E-state index is 0.188. The Morgan fingerprint density at radius 2 is 0.606 bits per heavy atom. The molecular formula is C30H48O3. The molecule has 0 radical (unpaired) electrons. The summed E-state index contributed by atoms with van der Waals surface area (Å²) in [5.74, 6) is 3.52. The van der Waals surface area contributed by atoms with Crippen molar-refractivity contribution < 1.29 is 15.3 Å². The van der Waals surface area contributed by atoms with Crippen molar-refractivity contribution in [3.05, 3.63) is 34.9 Å². The fraction of sp³-hybridized carbons (Fsp3) is 0.800. The smallest absolute Gasteiger partial charge is 0.0591 e. The highest BCUT2D eigenvalue weighted by Gasteiger charge is 2.37. The van der Waals surface area contributed by atoms with Gasteiger partial charge < -0.3 is 15.3 Å². The summed E-state index contributed by atoms with van der Waals surface area (Å²) in [5.41, 5.74) is 4.39. The molecule has 0 aromatic heterocycles. The first-order valence-corrected chi connectivity index (χ1v) is 13.7. The van der Waals surface area contributed by atoms with Gasteiger partial charge in [-0.25, -0.2) is 0 Å². The van der Waals surface area contributed by atoms with Crippen molar-refractivity contribution in [1.29, 1.82) is 0 Å². The van der Waals surface area contributed by atoms with Gasteiger partial charge in [-0.3, -0.25) is 0 Å². The molecule has 3 aliphatic rings. The second-order valence-electron chi connectivity index (χ2n) is 12.8. The van der Waals surface area contributed by atoms with Crippen molar-refractivity contribution in [3.8, 4) is 0 Å². The molecule has 4 rings (SSSR count). The van der Waals surface area contributed by atoms with Crippen LogP contribution in [0.2, 0.25) is 0 Å². The first-order chi connectivity index (χ1) is 15.5. The van der Waals surface area contributed by atoms with E-state index in [1.54, 1.807) is 0 Å². The lowest BCUT2D eigenvalue weighted by atomic mass is 9.67. The molecule has 1 aromatic carbocycles. The molecule has 33 heavy (non-hydrogen) atoms. The minimum atomic E-state index is -0.188. The van der Waals surface area contributed by atoms with Crippen molar-refractivity contribution in [2.24, 2.45) is 35.5 Å². The molecule has 0 spiro atoms. The van der Waals surface area contributed by atoms with E-state index in [9.17, 15) is 15.3 Å². The fourth-order valence-corrected chi connectivity index (χ4v) is 7.73. The Morgan fingerprint density at radius 3 is 0.788 bits per heavy atom. The maximum atomic E-state index is 10.5. The van der Waals surface area contributed by atoms with Gasteiger partial charge in [0, 0.05) is 0 Å². The van der Waals surface area contributed by atoms with Crippen LogP contribution in [0.3, 0.4) is 0 Å². The van der Waals surface area contributed by atoms with Crippen LogP contribution in [0.1, 0.15) is 115 Å². The monoisotopic (exact) mass is 456 g/mol. The summed E-state index contributed by atoms with van der Waals surface area (Å²) in [5, 5.41) is 31.6. The quantitative estimate of drug-likeness (QED) is 0.506. The number of rotatable bonds is 3. The van der Waals surface area contributed by atoms with Gasteiger partial charge in [0.1, 0.15) is 0 Å². The molecule has 3 saturated carbocycles. The van der Waals surface area contributed by atoms with E-state index in [-0.39, 0.29) is 18.3 Å². The topological polar surface area (TPSA) is 60.7 Å². The summed E-state index contributed by atoms with van der Waals surface area (Å²) in [7, 11) is 0. The Balaban J connectivity index is 1.69. The van der Waals surface area contributed by atoms with E-state index < -0.39 is 0 Å². The zero-order valence-corrected chi connectivity index (χ0v) is 21.7. The van der Waals surface area contributed by atoms with Crippen molar-refractivity contribution in [1.82, 2.24) is 0 Å². The van der Waals surface area contributed by atoms with Crippen molar-refractivity contribution >= 4 is 0 Å². The first kappa shape index (κ1) is 25.2. The summed E-state index contributed by atoms with van der Waals surface area (Å²) >= 11 is 0. The van der Waals surface area contributed by atoms with Gasteiger partial charge in [0.2, 0.25) is 0 Å². The molecule has 3 heteroatoms. The molecule has 0 saturated heterocycles. The number of aliphatic hydroxyl groups excluding tert-OH is 3. The van der Waals surface area contributed by atoms with Gasteiger partial charge in [0.15, 0.2) is 0 Å². The van der Waals surface area contributed by atoms with Crippen LogP contribution in [0, 0.1) is 35.5 Å². The van der Waals surface area contributed by atoms with Crippen LogP contribution < -0.4 is 0 Å². The van der Waals surface area contributed by atoms with Crippen LogP contribution in [0.25, 0.3) is 0 Å². The highest BCUT2D eigenvalue weighted by Crippen LogP contribution is 2.46. The molecule has 3 aliphatic carbocycles. The van der Waals surface area contributed by atoms with Gasteiger partial charge in [-0.1, -0.05) is 59.7 Å². The molecule has 186 valence electrons. The summed E-state index contributed by atoms with van der Waals surface area (Å²) in [6.07, 6.45) is 5.77. The molecule has 0 aliphatic heterocycles. The number of aliphatic hydroxyl groups is 3. The van der Waals surface area contributed by atoms with E-state index in [0.717, 1.165) is 38.5 Å². The third kappa shape index (κ3) is 5.21. The molecule has 0 amide bonds. The van der Waals surface area contributed by atoms with Gasteiger partial charge >= 0.3 is 0 Å². The van der Waals surface area contributed by atoms with E-state index in [0.29, 0.717) is 53.3 Å². The second kappa shape index (κ2) is 9.99. The minimum Gasteiger partial charge on any atom is -0.393 e. The summed E-state index contributed by atoms with van der Waals surface area (Å²) in [4.78, 5) is 0. The zero-order valence-electron chi connectivity index (χ0n) is 21.7. The summed E-state index contributed by atoms with van der Waals surface area (Å²) < 4.78 is 0. The van der Waals surface area contributed by atoms with Crippen molar-refractivity contribution in [2.45, 2.75) is 116 Å². The van der Waals surface area contributed by atoms with E-state index >= 15 is 0 Å². The maximum absolute atomic E-state index is 10.5. The van der Waals surface area contributed by atoms with E-state index in [4.69, 9.17) is 0 Å². The lowest BCUT2D eigenvalue weighted by Crippen LogP contribution is -2.35. The molecule has 0 bridgehead atoms. The average Bonchev–Trinajstić information content (AvgIpc) is 2.78. The van der Waals surface area contributed by atoms with Gasteiger partial charge in [-0.15, -0.1) is 0 Å². The second-order valence-corrected chi connectivity index (χ2v) is 12.8. The SMILES string of the molecule is CC1CC(c2cc(C3CC(C)C(O)C(C)C3)cc(C3CC(C)C(O)C(C)C3)c2)CC(C)C1O. The molecule has 3 fully saturated rings. The van der Waals surface area contributed by atoms with Crippen LogP contribution >= 0.6 is 0 Å². The van der Waals surface area contributed by atoms with Gasteiger partial charge in [-0.05, 0) is 108 Å². The van der Waals surface area contributed by atoms with E-state index in [2.05, 4.69) is 59.7 Å². The highest BCUT2D eigenvalue weighted by molar-refractivity contribution is 5.37. The molecule has 1 aromatic rings. The van der Waals surface area contributed by atoms with Gasteiger partial charge in [0.25, 0.3) is 0 Å². The predicted octanol–water partition coefficient (Wildman–Crippen LogP) is 6.22.